The van der Waals surface area contributed by atoms with Gasteiger partial charge in [-0.1, -0.05) is 51.8 Å². The first kappa shape index (κ1) is 28.8. The summed E-state index contributed by atoms with van der Waals surface area (Å²) in [4.78, 5) is 58.2. The molecule has 10 heteroatoms. The molecule has 220 valence electrons. The molecule has 1 saturated carbocycles. The normalized spacial score (nSPS) is 27.3. The SMILES string of the molecule is COC(=O)[C@@H]1C[C@@H]2CN1C(=O)[C@H](C(C)(C)C)NC(=O)O[C@@H]1C[C@H]1CCCCCc1c(nc3ccccc3c1C=O)O2. The lowest BCUT2D eigenvalue weighted by Gasteiger charge is -2.34. The van der Waals surface area contributed by atoms with Gasteiger partial charge in [0.2, 0.25) is 11.8 Å². The molecule has 1 aromatic heterocycles. The van der Waals surface area contributed by atoms with Crippen molar-refractivity contribution in [2.24, 2.45) is 11.3 Å². The van der Waals surface area contributed by atoms with Gasteiger partial charge in [-0.15, -0.1) is 0 Å². The lowest BCUT2D eigenvalue weighted by atomic mass is 9.85. The summed E-state index contributed by atoms with van der Waals surface area (Å²) in [5.74, 6) is -0.319. The fourth-order valence-corrected chi connectivity index (χ4v) is 6.03. The van der Waals surface area contributed by atoms with Crippen LogP contribution in [-0.4, -0.2) is 72.1 Å². The summed E-state index contributed by atoms with van der Waals surface area (Å²) in [6.07, 6.45) is 4.81. The summed E-state index contributed by atoms with van der Waals surface area (Å²) in [6, 6.07) is 5.62. The molecular formula is C31H39N3O7. The number of benzene rings is 1. The third kappa shape index (κ3) is 6.16. The van der Waals surface area contributed by atoms with Crippen LogP contribution in [0, 0.1) is 11.3 Å². The molecule has 41 heavy (non-hydrogen) atoms. The number of esters is 1. The van der Waals surface area contributed by atoms with E-state index in [4.69, 9.17) is 19.2 Å². The van der Waals surface area contributed by atoms with Crippen molar-refractivity contribution in [2.45, 2.75) is 90.0 Å². The smallest absolute Gasteiger partial charge is 0.408 e. The monoisotopic (exact) mass is 565 g/mol. The second-order valence-electron chi connectivity index (χ2n) is 12.4. The quantitative estimate of drug-likeness (QED) is 0.424. The van der Waals surface area contributed by atoms with Gasteiger partial charge < -0.3 is 24.4 Å². The van der Waals surface area contributed by atoms with E-state index in [1.54, 1.807) is 0 Å². The molecule has 10 nitrogen and oxygen atoms in total. The van der Waals surface area contributed by atoms with Crippen molar-refractivity contribution < 1.29 is 33.4 Å². The van der Waals surface area contributed by atoms with E-state index >= 15 is 0 Å². The Bertz CT molecular complexity index is 1340. The van der Waals surface area contributed by atoms with Crippen LogP contribution in [0.3, 0.4) is 0 Å². The maximum absolute atomic E-state index is 14.0. The maximum atomic E-state index is 14.0. The van der Waals surface area contributed by atoms with Crippen LogP contribution in [0.25, 0.3) is 10.9 Å². The second-order valence-corrected chi connectivity index (χ2v) is 12.4. The fourth-order valence-electron chi connectivity index (χ4n) is 6.03. The molecule has 0 radical (unpaired) electrons. The third-order valence-electron chi connectivity index (χ3n) is 8.41. The molecule has 2 aromatic rings. The highest BCUT2D eigenvalue weighted by molar-refractivity contribution is 5.98. The molecule has 2 aliphatic heterocycles. The molecule has 0 spiro atoms. The Morgan fingerprint density at radius 3 is 2.63 bits per heavy atom. The molecule has 1 saturated heterocycles. The van der Waals surface area contributed by atoms with Gasteiger partial charge in [0.05, 0.1) is 19.2 Å². The molecular weight excluding hydrogens is 526 g/mol. The standard InChI is InChI=1S/C31H39N3O7/c1-31(2,3)26-28(36)34-16-19(15-24(34)29(37)39-4)40-27-21(22(17-35)20-11-8-9-13-23(20)32-27)12-7-5-6-10-18-14-25(18)41-30(38)33-26/h8-9,11,13,17-19,24-26H,5-7,10,12,14-16H2,1-4H3,(H,33,38)/t18-,19-,24+,25-,26-/m1/s1. The molecule has 2 fully saturated rings. The topological polar surface area (TPSA) is 124 Å². The molecule has 2 amide bonds. The van der Waals surface area contributed by atoms with Gasteiger partial charge >= 0.3 is 12.1 Å². The lowest BCUT2D eigenvalue weighted by molar-refractivity contribution is -0.152. The Hall–Kier alpha value is -3.69. The number of hydrogen-bond donors (Lipinski definition) is 1. The van der Waals surface area contributed by atoms with Crippen LogP contribution in [0.15, 0.2) is 24.3 Å². The number of aldehydes is 1. The molecule has 1 N–H and O–H groups in total. The van der Waals surface area contributed by atoms with Crippen molar-refractivity contribution in [3.63, 3.8) is 0 Å². The first-order valence-electron chi connectivity index (χ1n) is 14.5. The van der Waals surface area contributed by atoms with Gasteiger partial charge in [0.1, 0.15) is 24.3 Å². The minimum Gasteiger partial charge on any atom is -0.472 e. The number of carbonyl (C=O) groups excluding carboxylic acids is 4. The predicted molar refractivity (Wildman–Crippen MR) is 151 cm³/mol. The Morgan fingerprint density at radius 2 is 1.90 bits per heavy atom. The van der Waals surface area contributed by atoms with Crippen LogP contribution in [0.4, 0.5) is 4.79 Å². The first-order valence-corrected chi connectivity index (χ1v) is 14.5. The lowest BCUT2D eigenvalue weighted by Crippen LogP contribution is -2.57. The molecule has 3 heterocycles. The van der Waals surface area contributed by atoms with Crippen molar-refractivity contribution in [1.29, 1.82) is 0 Å². The summed E-state index contributed by atoms with van der Waals surface area (Å²) in [6.45, 7) is 5.65. The van der Waals surface area contributed by atoms with Crippen molar-refractivity contribution in [2.75, 3.05) is 13.7 Å². The average molecular weight is 566 g/mol. The van der Waals surface area contributed by atoms with E-state index in [0.717, 1.165) is 49.3 Å². The number of amides is 2. The van der Waals surface area contributed by atoms with Crippen LogP contribution < -0.4 is 10.1 Å². The summed E-state index contributed by atoms with van der Waals surface area (Å²) in [7, 11) is 1.28. The molecule has 0 unspecified atom stereocenters. The van der Waals surface area contributed by atoms with E-state index in [1.165, 1.54) is 12.0 Å². The number of alkyl carbamates (subject to hydrolysis) is 1. The van der Waals surface area contributed by atoms with Crippen LogP contribution >= 0.6 is 0 Å². The van der Waals surface area contributed by atoms with Gasteiger partial charge in [0.15, 0.2) is 6.29 Å². The number of carbonyl (C=O) groups is 4. The summed E-state index contributed by atoms with van der Waals surface area (Å²) < 4.78 is 17.1. The van der Waals surface area contributed by atoms with Gasteiger partial charge in [-0.3, -0.25) is 9.59 Å². The summed E-state index contributed by atoms with van der Waals surface area (Å²) in [5.41, 5.74) is 1.28. The number of para-hydroxylation sites is 1. The molecule has 3 aliphatic rings. The van der Waals surface area contributed by atoms with E-state index in [1.807, 2.05) is 45.0 Å². The zero-order valence-corrected chi connectivity index (χ0v) is 24.2. The number of methoxy groups -OCH3 is 1. The molecule has 2 bridgehead atoms. The number of nitrogens with zero attached hydrogens (tertiary/aromatic N) is 2. The predicted octanol–water partition coefficient (Wildman–Crippen LogP) is 4.21. The molecule has 5 atom stereocenters. The third-order valence-corrected chi connectivity index (χ3v) is 8.41. The van der Waals surface area contributed by atoms with Gasteiger partial charge in [0, 0.05) is 22.9 Å². The largest absolute Gasteiger partial charge is 0.472 e. The first-order chi connectivity index (χ1) is 19.6. The number of pyridine rings is 1. The fraction of sp³-hybridized carbons (Fsp3) is 0.581. The van der Waals surface area contributed by atoms with E-state index in [2.05, 4.69) is 5.32 Å². The van der Waals surface area contributed by atoms with Crippen LogP contribution in [0.2, 0.25) is 0 Å². The highest BCUT2D eigenvalue weighted by Gasteiger charge is 2.47. The molecule has 1 aromatic carbocycles. The Kier molecular flexibility index (Phi) is 8.20. The number of aromatic nitrogens is 1. The van der Waals surface area contributed by atoms with Gasteiger partial charge in [-0.05, 0) is 43.1 Å². The Labute approximate surface area is 240 Å². The second kappa shape index (κ2) is 11.7. The van der Waals surface area contributed by atoms with Gasteiger partial charge in [-0.25, -0.2) is 14.6 Å². The highest BCUT2D eigenvalue weighted by atomic mass is 16.6. The number of rotatable bonds is 2. The van der Waals surface area contributed by atoms with E-state index in [-0.39, 0.29) is 19.1 Å². The van der Waals surface area contributed by atoms with Crippen LogP contribution in [0.5, 0.6) is 5.88 Å². The number of hydrogen-bond acceptors (Lipinski definition) is 8. The van der Waals surface area contributed by atoms with Crippen LogP contribution in [0.1, 0.15) is 75.2 Å². The minimum atomic E-state index is -0.937. The Morgan fingerprint density at radius 1 is 1.12 bits per heavy atom. The summed E-state index contributed by atoms with van der Waals surface area (Å²) >= 11 is 0. The van der Waals surface area contributed by atoms with E-state index in [9.17, 15) is 19.2 Å². The minimum absolute atomic E-state index is 0.0942. The van der Waals surface area contributed by atoms with Crippen molar-refractivity contribution in [3.8, 4) is 5.88 Å². The number of ether oxygens (including phenoxy) is 3. The van der Waals surface area contributed by atoms with Crippen LogP contribution in [-0.2, 0) is 25.5 Å². The summed E-state index contributed by atoms with van der Waals surface area (Å²) in [5, 5.41) is 3.55. The number of fused-ring (bicyclic) bond motifs is 5. The van der Waals surface area contributed by atoms with E-state index < -0.39 is 41.6 Å². The van der Waals surface area contributed by atoms with Gasteiger partial charge in [0.25, 0.3) is 0 Å². The van der Waals surface area contributed by atoms with Gasteiger partial charge in [-0.2, -0.15) is 0 Å². The molecule has 1 aliphatic carbocycles. The van der Waals surface area contributed by atoms with Crippen molar-refractivity contribution >= 4 is 35.2 Å². The maximum Gasteiger partial charge on any atom is 0.408 e. The van der Waals surface area contributed by atoms with Crippen molar-refractivity contribution in [1.82, 2.24) is 15.2 Å². The Balaban J connectivity index is 1.52. The zero-order valence-electron chi connectivity index (χ0n) is 24.2. The van der Waals surface area contributed by atoms with E-state index in [0.29, 0.717) is 29.3 Å². The van der Waals surface area contributed by atoms with Crippen molar-refractivity contribution in [3.05, 3.63) is 35.4 Å². The molecule has 5 rings (SSSR count). The highest BCUT2D eigenvalue weighted by Crippen LogP contribution is 2.39. The average Bonchev–Trinajstić information content (AvgIpc) is 3.53. The zero-order chi connectivity index (χ0) is 29.3. The number of nitrogens with one attached hydrogen (secondary N) is 1.